The van der Waals surface area contributed by atoms with Crippen LogP contribution in [-0.2, 0) is 17.8 Å². The molecule has 1 aromatic carbocycles. The predicted octanol–water partition coefficient (Wildman–Crippen LogP) is 4.15. The van der Waals surface area contributed by atoms with Gasteiger partial charge in [-0.25, -0.2) is 4.68 Å². The fourth-order valence-corrected chi connectivity index (χ4v) is 5.35. The standard InChI is InChI=1S/C27H34N6O3/c1-17(2)25(26-29-30-31-33(26)16-22-8-6-10-36-22)32(15-21-7-5-9-35-21)14-20-13-23-19(4)11-18(3)12-24(23)28-27(20)34/h6,8,10-13,17,21,25H,5,7,9,14-16H2,1-4H3,(H,28,34)/t21-,25-/m1/s1. The molecule has 190 valence electrons. The summed E-state index contributed by atoms with van der Waals surface area (Å²) in [6, 6.07) is 9.87. The predicted molar refractivity (Wildman–Crippen MR) is 137 cm³/mol. The monoisotopic (exact) mass is 490 g/mol. The summed E-state index contributed by atoms with van der Waals surface area (Å²) >= 11 is 0. The van der Waals surface area contributed by atoms with E-state index in [4.69, 9.17) is 9.15 Å². The molecule has 1 N–H and O–H groups in total. The lowest BCUT2D eigenvalue weighted by Crippen LogP contribution is -2.40. The van der Waals surface area contributed by atoms with Gasteiger partial charge in [0, 0.05) is 36.2 Å². The van der Waals surface area contributed by atoms with Crippen LogP contribution in [0.25, 0.3) is 10.9 Å². The lowest BCUT2D eigenvalue weighted by Gasteiger charge is -2.35. The molecular formula is C27H34N6O3. The molecule has 0 aliphatic carbocycles. The number of fused-ring (bicyclic) bond motifs is 1. The van der Waals surface area contributed by atoms with Crippen molar-refractivity contribution in [3.05, 3.63) is 75.2 Å². The van der Waals surface area contributed by atoms with Gasteiger partial charge in [-0.2, -0.15) is 0 Å². The van der Waals surface area contributed by atoms with Crippen molar-refractivity contribution in [2.24, 2.45) is 5.92 Å². The van der Waals surface area contributed by atoms with E-state index in [1.807, 2.05) is 31.2 Å². The number of aromatic amines is 1. The number of rotatable bonds is 9. The molecule has 1 saturated heterocycles. The van der Waals surface area contributed by atoms with Crippen molar-refractivity contribution in [3.63, 3.8) is 0 Å². The van der Waals surface area contributed by atoms with E-state index in [1.54, 1.807) is 10.9 Å². The van der Waals surface area contributed by atoms with E-state index in [2.05, 4.69) is 52.2 Å². The Hall–Kier alpha value is -3.30. The fraction of sp³-hybridized carbons (Fsp3) is 0.481. The van der Waals surface area contributed by atoms with E-state index >= 15 is 0 Å². The summed E-state index contributed by atoms with van der Waals surface area (Å²) in [7, 11) is 0. The van der Waals surface area contributed by atoms with Crippen molar-refractivity contribution in [3.8, 4) is 0 Å². The van der Waals surface area contributed by atoms with Crippen molar-refractivity contribution in [1.82, 2.24) is 30.1 Å². The third kappa shape index (κ3) is 5.12. The molecule has 1 fully saturated rings. The minimum Gasteiger partial charge on any atom is -0.467 e. The van der Waals surface area contributed by atoms with Crippen molar-refractivity contribution < 1.29 is 9.15 Å². The Bertz CT molecular complexity index is 1370. The van der Waals surface area contributed by atoms with Crippen LogP contribution >= 0.6 is 0 Å². The third-order valence-corrected chi connectivity index (χ3v) is 6.96. The number of aryl methyl sites for hydroxylation is 2. The summed E-state index contributed by atoms with van der Waals surface area (Å²) in [6.07, 6.45) is 3.82. The molecule has 0 bridgehead atoms. The van der Waals surface area contributed by atoms with E-state index in [0.29, 0.717) is 19.6 Å². The number of hydrogen-bond donors (Lipinski definition) is 1. The zero-order valence-electron chi connectivity index (χ0n) is 21.4. The number of pyridine rings is 1. The Morgan fingerprint density at radius 3 is 2.83 bits per heavy atom. The Kier molecular flexibility index (Phi) is 7.02. The van der Waals surface area contributed by atoms with E-state index in [1.165, 1.54) is 0 Å². The number of furan rings is 1. The Morgan fingerprint density at radius 2 is 2.11 bits per heavy atom. The van der Waals surface area contributed by atoms with Crippen LogP contribution in [-0.4, -0.2) is 49.3 Å². The Morgan fingerprint density at radius 1 is 1.25 bits per heavy atom. The first-order valence-corrected chi connectivity index (χ1v) is 12.7. The molecule has 0 amide bonds. The molecule has 2 atom stereocenters. The second kappa shape index (κ2) is 10.4. The van der Waals surface area contributed by atoms with Crippen LogP contribution in [0.1, 0.15) is 61.0 Å². The maximum atomic E-state index is 13.2. The van der Waals surface area contributed by atoms with Gasteiger partial charge in [0.05, 0.1) is 18.4 Å². The first-order valence-electron chi connectivity index (χ1n) is 12.7. The largest absolute Gasteiger partial charge is 0.467 e. The van der Waals surface area contributed by atoms with Crippen LogP contribution in [0.3, 0.4) is 0 Å². The molecule has 0 spiro atoms. The van der Waals surface area contributed by atoms with Gasteiger partial charge in [0.2, 0.25) is 0 Å². The first-order chi connectivity index (χ1) is 17.4. The van der Waals surface area contributed by atoms with Crippen LogP contribution in [0.2, 0.25) is 0 Å². The van der Waals surface area contributed by atoms with Crippen LogP contribution in [0.4, 0.5) is 0 Å². The Labute approximate surface area is 210 Å². The summed E-state index contributed by atoms with van der Waals surface area (Å²) < 4.78 is 13.4. The maximum Gasteiger partial charge on any atom is 0.252 e. The topological polar surface area (TPSA) is 102 Å². The SMILES string of the molecule is Cc1cc(C)c2cc(CN(C[C@H]3CCCO3)[C@@H](c3nnnn3Cc3ccco3)C(C)C)c(=O)[nH]c2c1. The van der Waals surface area contributed by atoms with E-state index in [-0.39, 0.29) is 23.6 Å². The van der Waals surface area contributed by atoms with E-state index < -0.39 is 0 Å². The first kappa shape index (κ1) is 24.4. The zero-order chi connectivity index (χ0) is 25.2. The highest BCUT2D eigenvalue weighted by molar-refractivity contribution is 5.83. The number of hydrogen-bond acceptors (Lipinski definition) is 7. The number of benzene rings is 1. The van der Waals surface area contributed by atoms with Crippen LogP contribution < -0.4 is 5.56 Å². The second-order valence-electron chi connectivity index (χ2n) is 10.2. The number of tetrazole rings is 1. The van der Waals surface area contributed by atoms with Gasteiger partial charge in [-0.05, 0) is 78.4 Å². The lowest BCUT2D eigenvalue weighted by atomic mass is 9.99. The summed E-state index contributed by atoms with van der Waals surface area (Å²) in [4.78, 5) is 18.6. The number of nitrogens with zero attached hydrogens (tertiary/aromatic N) is 5. The molecule has 1 aliphatic heterocycles. The normalized spacial score (nSPS) is 17.0. The number of nitrogens with one attached hydrogen (secondary N) is 1. The van der Waals surface area contributed by atoms with Crippen molar-refractivity contribution in [2.75, 3.05) is 13.2 Å². The van der Waals surface area contributed by atoms with Crippen molar-refractivity contribution in [2.45, 2.75) is 65.8 Å². The molecule has 4 aromatic rings. The number of aromatic nitrogens is 5. The molecule has 9 heteroatoms. The van der Waals surface area contributed by atoms with Crippen LogP contribution in [0, 0.1) is 19.8 Å². The van der Waals surface area contributed by atoms with E-state index in [9.17, 15) is 4.79 Å². The van der Waals surface area contributed by atoms with Gasteiger partial charge < -0.3 is 14.1 Å². The molecule has 4 heterocycles. The van der Waals surface area contributed by atoms with Gasteiger partial charge in [-0.1, -0.05) is 19.9 Å². The highest BCUT2D eigenvalue weighted by Gasteiger charge is 2.32. The second-order valence-corrected chi connectivity index (χ2v) is 10.2. The fourth-order valence-electron chi connectivity index (χ4n) is 5.35. The minimum atomic E-state index is -0.117. The van der Waals surface area contributed by atoms with Gasteiger partial charge >= 0.3 is 0 Å². The lowest BCUT2D eigenvalue weighted by molar-refractivity contribution is 0.0384. The summed E-state index contributed by atoms with van der Waals surface area (Å²) in [6.45, 7) is 10.8. The zero-order valence-corrected chi connectivity index (χ0v) is 21.4. The van der Waals surface area contributed by atoms with Crippen LogP contribution in [0.15, 0.2) is 45.8 Å². The van der Waals surface area contributed by atoms with Crippen LogP contribution in [0.5, 0.6) is 0 Å². The average Bonchev–Trinajstić information content (AvgIpc) is 3.59. The van der Waals surface area contributed by atoms with Gasteiger partial charge in [0.15, 0.2) is 5.82 Å². The Balaban J connectivity index is 1.53. The molecule has 1 aliphatic rings. The average molecular weight is 491 g/mol. The van der Waals surface area contributed by atoms with Gasteiger partial charge in [0.25, 0.3) is 5.56 Å². The molecule has 36 heavy (non-hydrogen) atoms. The summed E-state index contributed by atoms with van der Waals surface area (Å²) in [5.74, 6) is 1.73. The van der Waals surface area contributed by atoms with Crippen molar-refractivity contribution in [1.29, 1.82) is 0 Å². The molecular weight excluding hydrogens is 456 g/mol. The minimum absolute atomic E-state index is 0.0671. The molecule has 9 nitrogen and oxygen atoms in total. The maximum absolute atomic E-state index is 13.2. The highest BCUT2D eigenvalue weighted by atomic mass is 16.5. The van der Waals surface area contributed by atoms with Gasteiger partial charge in [0.1, 0.15) is 12.3 Å². The highest BCUT2D eigenvalue weighted by Crippen LogP contribution is 2.31. The molecule has 5 rings (SSSR count). The quantitative estimate of drug-likeness (QED) is 0.376. The smallest absolute Gasteiger partial charge is 0.252 e. The molecule has 3 aromatic heterocycles. The number of H-pyrrole nitrogens is 1. The van der Waals surface area contributed by atoms with Gasteiger partial charge in [-0.15, -0.1) is 5.10 Å². The third-order valence-electron chi connectivity index (χ3n) is 6.96. The molecule has 0 radical (unpaired) electrons. The number of ether oxygens (including phenoxy) is 1. The van der Waals surface area contributed by atoms with Crippen molar-refractivity contribution >= 4 is 10.9 Å². The summed E-state index contributed by atoms with van der Waals surface area (Å²) in [5, 5.41) is 13.8. The molecule has 0 unspecified atom stereocenters. The molecule has 0 saturated carbocycles. The van der Waals surface area contributed by atoms with E-state index in [0.717, 1.165) is 58.6 Å². The summed E-state index contributed by atoms with van der Waals surface area (Å²) in [5.41, 5.74) is 3.81. The van der Waals surface area contributed by atoms with Gasteiger partial charge in [-0.3, -0.25) is 9.69 Å².